The number of rotatable bonds is 5. The highest BCUT2D eigenvalue weighted by molar-refractivity contribution is 5.94. The third-order valence-corrected chi connectivity index (χ3v) is 3.43. The molecule has 0 fully saturated rings. The van der Waals surface area contributed by atoms with Crippen LogP contribution in [-0.2, 0) is 6.42 Å². The number of carbonyl (C=O) groups is 1. The summed E-state index contributed by atoms with van der Waals surface area (Å²) in [5.41, 5.74) is 1.31. The van der Waals surface area contributed by atoms with E-state index in [1.54, 1.807) is 18.2 Å². The van der Waals surface area contributed by atoms with Crippen molar-refractivity contribution in [3.05, 3.63) is 77.7 Å². The number of amides is 1. The number of carbonyl (C=O) groups excluding carboxylic acids is 1. The van der Waals surface area contributed by atoms with Gasteiger partial charge in [-0.25, -0.2) is 13.8 Å². The molecule has 122 valence electrons. The lowest BCUT2D eigenvalue weighted by atomic mass is 10.2. The summed E-state index contributed by atoms with van der Waals surface area (Å²) in [5, 5.41) is 2.63. The maximum atomic E-state index is 13.5. The first kappa shape index (κ1) is 15.9. The van der Waals surface area contributed by atoms with Gasteiger partial charge in [0.2, 0.25) is 5.89 Å². The number of aromatic nitrogens is 1. The molecule has 1 N–H and O–H groups in total. The van der Waals surface area contributed by atoms with Gasteiger partial charge in [-0.1, -0.05) is 12.1 Å². The van der Waals surface area contributed by atoms with Gasteiger partial charge < -0.3 is 9.73 Å². The van der Waals surface area contributed by atoms with Crippen LogP contribution in [0.5, 0.6) is 0 Å². The number of nitrogens with one attached hydrogen (secondary N) is 1. The molecule has 0 atom stereocenters. The van der Waals surface area contributed by atoms with E-state index < -0.39 is 11.7 Å². The van der Waals surface area contributed by atoms with Gasteiger partial charge in [0.25, 0.3) is 5.91 Å². The quantitative estimate of drug-likeness (QED) is 0.779. The minimum atomic E-state index is -0.560. The lowest BCUT2D eigenvalue weighted by Gasteiger charge is -2.04. The lowest BCUT2D eigenvalue weighted by molar-refractivity contribution is 0.0950. The van der Waals surface area contributed by atoms with Crippen molar-refractivity contribution in [1.82, 2.24) is 10.3 Å². The zero-order chi connectivity index (χ0) is 16.9. The van der Waals surface area contributed by atoms with Crippen molar-refractivity contribution in [2.75, 3.05) is 6.54 Å². The van der Waals surface area contributed by atoms with Crippen molar-refractivity contribution in [3.63, 3.8) is 0 Å². The molecule has 1 aromatic heterocycles. The smallest absolute Gasteiger partial charge is 0.254 e. The molecule has 0 aliphatic heterocycles. The van der Waals surface area contributed by atoms with E-state index in [2.05, 4.69) is 10.3 Å². The first-order chi connectivity index (χ1) is 11.6. The Morgan fingerprint density at radius 1 is 1.08 bits per heavy atom. The maximum absolute atomic E-state index is 13.5. The van der Waals surface area contributed by atoms with Gasteiger partial charge >= 0.3 is 0 Å². The Kier molecular flexibility index (Phi) is 4.65. The van der Waals surface area contributed by atoms with Gasteiger partial charge in [-0.05, 0) is 36.4 Å². The average Bonchev–Trinajstić information content (AvgIpc) is 3.04. The third-order valence-electron chi connectivity index (χ3n) is 3.43. The van der Waals surface area contributed by atoms with Crippen LogP contribution in [0.2, 0.25) is 0 Å². The summed E-state index contributed by atoms with van der Waals surface area (Å²) < 4.78 is 31.7. The van der Waals surface area contributed by atoms with Crippen LogP contribution in [0.15, 0.2) is 59.2 Å². The first-order valence-electron chi connectivity index (χ1n) is 7.36. The molecule has 3 rings (SSSR count). The summed E-state index contributed by atoms with van der Waals surface area (Å²) >= 11 is 0. The molecule has 3 aromatic rings. The second-order valence-corrected chi connectivity index (χ2v) is 5.14. The number of halogens is 2. The predicted molar refractivity (Wildman–Crippen MR) is 84.3 cm³/mol. The lowest BCUT2D eigenvalue weighted by Crippen LogP contribution is -2.26. The van der Waals surface area contributed by atoms with Crippen LogP contribution in [0, 0.1) is 11.6 Å². The molecule has 4 nitrogen and oxygen atoms in total. The van der Waals surface area contributed by atoms with Crippen LogP contribution in [0.3, 0.4) is 0 Å². The zero-order valence-electron chi connectivity index (χ0n) is 12.6. The molecular weight excluding hydrogens is 314 g/mol. The van der Waals surface area contributed by atoms with Crippen molar-refractivity contribution in [2.24, 2.45) is 0 Å². The van der Waals surface area contributed by atoms with E-state index in [1.807, 2.05) is 0 Å². The molecule has 24 heavy (non-hydrogen) atoms. The molecular formula is C18H14F2N2O2. The Morgan fingerprint density at radius 2 is 1.83 bits per heavy atom. The van der Waals surface area contributed by atoms with Crippen molar-refractivity contribution in [2.45, 2.75) is 6.42 Å². The minimum Gasteiger partial charge on any atom is -0.444 e. The van der Waals surface area contributed by atoms with E-state index in [9.17, 15) is 13.6 Å². The Bertz CT molecular complexity index is 844. The van der Waals surface area contributed by atoms with Crippen molar-refractivity contribution < 1.29 is 18.0 Å². The Balaban J connectivity index is 1.57. The van der Waals surface area contributed by atoms with Crippen LogP contribution in [0.1, 0.15) is 16.1 Å². The predicted octanol–water partition coefficient (Wildman–Crippen LogP) is 3.59. The molecule has 0 aliphatic carbocycles. The SMILES string of the molecule is O=C(NCCc1coc(-c2ccc(F)cc2)n1)c1ccccc1F. The van der Waals surface area contributed by atoms with E-state index >= 15 is 0 Å². The molecule has 0 saturated carbocycles. The van der Waals surface area contributed by atoms with Crippen LogP contribution < -0.4 is 5.32 Å². The summed E-state index contributed by atoms with van der Waals surface area (Å²) in [6.45, 7) is 0.294. The first-order valence-corrected chi connectivity index (χ1v) is 7.36. The van der Waals surface area contributed by atoms with Crippen LogP contribution in [0.4, 0.5) is 8.78 Å². The van der Waals surface area contributed by atoms with Crippen LogP contribution in [-0.4, -0.2) is 17.4 Å². The van der Waals surface area contributed by atoms with E-state index in [0.717, 1.165) is 0 Å². The van der Waals surface area contributed by atoms with E-state index in [-0.39, 0.29) is 11.4 Å². The van der Waals surface area contributed by atoms with E-state index in [1.165, 1.54) is 36.6 Å². The number of nitrogens with zero attached hydrogens (tertiary/aromatic N) is 1. The highest BCUT2D eigenvalue weighted by Crippen LogP contribution is 2.19. The summed E-state index contributed by atoms with van der Waals surface area (Å²) in [5.74, 6) is -0.989. The van der Waals surface area contributed by atoms with Gasteiger partial charge in [0.15, 0.2) is 0 Å². The molecule has 0 bridgehead atoms. The largest absolute Gasteiger partial charge is 0.444 e. The second-order valence-electron chi connectivity index (χ2n) is 5.14. The summed E-state index contributed by atoms with van der Waals surface area (Å²) in [6.07, 6.45) is 1.92. The molecule has 0 spiro atoms. The minimum absolute atomic E-state index is 0.00431. The Labute approximate surface area is 137 Å². The molecule has 0 radical (unpaired) electrons. The second kappa shape index (κ2) is 7.04. The highest BCUT2D eigenvalue weighted by Gasteiger charge is 2.11. The topological polar surface area (TPSA) is 55.1 Å². The summed E-state index contributed by atoms with van der Waals surface area (Å²) in [4.78, 5) is 16.2. The van der Waals surface area contributed by atoms with Gasteiger partial charge in [0, 0.05) is 18.5 Å². The zero-order valence-corrected chi connectivity index (χ0v) is 12.6. The van der Waals surface area contributed by atoms with Gasteiger partial charge in [-0.15, -0.1) is 0 Å². The number of hydrogen-bond donors (Lipinski definition) is 1. The number of oxazole rings is 1. The van der Waals surface area contributed by atoms with Gasteiger partial charge in [0.1, 0.15) is 17.9 Å². The van der Waals surface area contributed by atoms with Gasteiger partial charge in [-0.3, -0.25) is 4.79 Å². The molecule has 0 aliphatic rings. The van der Waals surface area contributed by atoms with E-state index in [4.69, 9.17) is 4.42 Å². The third kappa shape index (κ3) is 3.65. The summed E-state index contributed by atoms with van der Waals surface area (Å²) in [6, 6.07) is 11.6. The standard InChI is InChI=1S/C18H14F2N2O2/c19-13-7-5-12(6-8-13)18-22-14(11-24-18)9-10-21-17(23)15-3-1-2-4-16(15)20/h1-8,11H,9-10H2,(H,21,23). The highest BCUT2D eigenvalue weighted by atomic mass is 19.1. The van der Waals surface area contributed by atoms with Crippen LogP contribution in [0.25, 0.3) is 11.5 Å². The van der Waals surface area contributed by atoms with Crippen molar-refractivity contribution in [1.29, 1.82) is 0 Å². The summed E-state index contributed by atoms with van der Waals surface area (Å²) in [7, 11) is 0. The Morgan fingerprint density at radius 3 is 2.58 bits per heavy atom. The molecule has 1 heterocycles. The fraction of sp³-hybridized carbons (Fsp3) is 0.111. The molecule has 2 aromatic carbocycles. The normalized spacial score (nSPS) is 10.6. The fourth-order valence-electron chi connectivity index (χ4n) is 2.19. The van der Waals surface area contributed by atoms with Gasteiger partial charge in [-0.2, -0.15) is 0 Å². The van der Waals surface area contributed by atoms with Crippen molar-refractivity contribution in [3.8, 4) is 11.5 Å². The van der Waals surface area contributed by atoms with Gasteiger partial charge in [0.05, 0.1) is 11.3 Å². The molecule has 0 unspecified atom stereocenters. The fourth-order valence-corrected chi connectivity index (χ4v) is 2.19. The Hall–Kier alpha value is -3.02. The molecule has 1 amide bonds. The molecule has 6 heteroatoms. The molecule has 0 saturated heterocycles. The maximum Gasteiger partial charge on any atom is 0.254 e. The number of benzene rings is 2. The van der Waals surface area contributed by atoms with E-state index in [0.29, 0.717) is 30.1 Å². The number of hydrogen-bond acceptors (Lipinski definition) is 3. The van der Waals surface area contributed by atoms with Crippen LogP contribution >= 0.6 is 0 Å². The van der Waals surface area contributed by atoms with Crippen molar-refractivity contribution >= 4 is 5.91 Å². The average molecular weight is 328 g/mol. The monoisotopic (exact) mass is 328 g/mol.